The first-order chi connectivity index (χ1) is 12.3. The molecule has 4 aromatic rings. The van der Waals surface area contributed by atoms with E-state index < -0.39 is 5.63 Å². The molecule has 5 heteroatoms. The zero-order chi connectivity index (χ0) is 17.2. The van der Waals surface area contributed by atoms with Crippen molar-refractivity contribution in [2.24, 2.45) is 0 Å². The zero-order valence-electron chi connectivity index (χ0n) is 13.7. The number of aromatic nitrogens is 2. The Morgan fingerprint density at radius 2 is 1.92 bits per heavy atom. The van der Waals surface area contributed by atoms with Gasteiger partial charge in [0, 0.05) is 5.39 Å². The van der Waals surface area contributed by atoms with Gasteiger partial charge in [-0.15, -0.1) is 0 Å². The number of hydrogen-bond donors (Lipinski definition) is 0. The zero-order valence-corrected chi connectivity index (χ0v) is 13.7. The molecule has 0 saturated carbocycles. The first-order valence-corrected chi connectivity index (χ1v) is 8.07. The highest BCUT2D eigenvalue weighted by atomic mass is 16.5. The summed E-state index contributed by atoms with van der Waals surface area (Å²) in [5, 5.41) is 5.15. The quantitative estimate of drug-likeness (QED) is 0.529. The van der Waals surface area contributed by atoms with Gasteiger partial charge in [-0.1, -0.05) is 30.3 Å². The van der Waals surface area contributed by atoms with E-state index in [2.05, 4.69) is 5.10 Å². The van der Waals surface area contributed by atoms with Crippen LogP contribution in [0.2, 0.25) is 0 Å². The fraction of sp³-hybridized carbons (Fsp3) is 0.100. The summed E-state index contributed by atoms with van der Waals surface area (Å²) < 4.78 is 12.8. The third-order valence-electron chi connectivity index (χ3n) is 3.94. The highest BCUT2D eigenvalue weighted by Crippen LogP contribution is 2.28. The fourth-order valence-electron chi connectivity index (χ4n) is 2.85. The van der Waals surface area contributed by atoms with E-state index in [1.165, 1.54) is 0 Å². The molecule has 0 amide bonds. The summed E-state index contributed by atoms with van der Waals surface area (Å²) in [5.41, 5.74) is 2.07. The maximum atomic E-state index is 12.6. The monoisotopic (exact) mass is 332 g/mol. The summed E-state index contributed by atoms with van der Waals surface area (Å²) in [6.45, 7) is 2.40. The fourth-order valence-corrected chi connectivity index (χ4v) is 2.85. The molecule has 2 heterocycles. The molecule has 5 nitrogen and oxygen atoms in total. The average Bonchev–Trinajstić information content (AvgIpc) is 3.12. The van der Waals surface area contributed by atoms with E-state index in [-0.39, 0.29) is 0 Å². The molecule has 0 aliphatic rings. The Morgan fingerprint density at radius 1 is 1.08 bits per heavy atom. The third kappa shape index (κ3) is 2.70. The van der Waals surface area contributed by atoms with Crippen LogP contribution in [0.4, 0.5) is 0 Å². The number of benzene rings is 2. The van der Waals surface area contributed by atoms with Crippen molar-refractivity contribution in [1.29, 1.82) is 0 Å². The maximum absolute atomic E-state index is 12.6. The summed E-state index contributed by atoms with van der Waals surface area (Å²) in [6.07, 6.45) is 1.67. The van der Waals surface area contributed by atoms with Crippen molar-refractivity contribution in [3.63, 3.8) is 0 Å². The summed E-state index contributed by atoms with van der Waals surface area (Å²) in [5.74, 6) is 0.570. The first-order valence-electron chi connectivity index (χ1n) is 8.07. The molecule has 124 valence electrons. The van der Waals surface area contributed by atoms with Crippen LogP contribution in [0, 0.1) is 0 Å². The minimum absolute atomic E-state index is 0.419. The molecule has 0 bridgehead atoms. The van der Waals surface area contributed by atoms with Crippen LogP contribution in [0.1, 0.15) is 6.92 Å². The van der Waals surface area contributed by atoms with Crippen molar-refractivity contribution in [2.75, 3.05) is 6.61 Å². The lowest BCUT2D eigenvalue weighted by atomic mass is 10.1. The smallest absolute Gasteiger partial charge is 0.345 e. The molecule has 0 atom stereocenters. The van der Waals surface area contributed by atoms with E-state index >= 15 is 0 Å². The molecule has 0 spiro atoms. The lowest BCUT2D eigenvalue weighted by Crippen LogP contribution is -2.08. The molecule has 0 N–H and O–H groups in total. The van der Waals surface area contributed by atoms with Crippen LogP contribution in [0.25, 0.3) is 27.9 Å². The van der Waals surface area contributed by atoms with Crippen molar-refractivity contribution >= 4 is 11.0 Å². The number of para-hydroxylation sites is 2. The SMILES string of the molecule is CCOc1cccc2cc(-c3ccnn3-c3ccccc3)c(=O)oc12. The molecule has 4 rings (SSSR count). The molecular weight excluding hydrogens is 316 g/mol. The number of nitrogens with zero attached hydrogens (tertiary/aromatic N) is 2. The Kier molecular flexibility index (Phi) is 3.82. The lowest BCUT2D eigenvalue weighted by Gasteiger charge is -2.09. The van der Waals surface area contributed by atoms with Gasteiger partial charge in [-0.25, -0.2) is 9.48 Å². The molecule has 2 aromatic carbocycles. The predicted molar refractivity (Wildman–Crippen MR) is 96.2 cm³/mol. The van der Waals surface area contributed by atoms with Crippen LogP contribution in [0.5, 0.6) is 5.75 Å². The van der Waals surface area contributed by atoms with Gasteiger partial charge in [-0.05, 0) is 37.3 Å². The van der Waals surface area contributed by atoms with Gasteiger partial charge in [0.1, 0.15) is 0 Å². The van der Waals surface area contributed by atoms with E-state index in [9.17, 15) is 4.79 Å². The number of ether oxygens (including phenoxy) is 1. The molecule has 0 unspecified atom stereocenters. The first kappa shape index (κ1) is 15.2. The minimum Gasteiger partial charge on any atom is -0.490 e. The van der Waals surface area contributed by atoms with Gasteiger partial charge in [-0.2, -0.15) is 5.10 Å². The minimum atomic E-state index is -0.419. The summed E-state index contributed by atoms with van der Waals surface area (Å²) in [7, 11) is 0. The van der Waals surface area contributed by atoms with E-state index in [0.717, 1.165) is 11.1 Å². The van der Waals surface area contributed by atoms with Gasteiger partial charge in [0.2, 0.25) is 0 Å². The average molecular weight is 332 g/mol. The molecule has 0 radical (unpaired) electrons. The Morgan fingerprint density at radius 3 is 2.72 bits per heavy atom. The summed E-state index contributed by atoms with van der Waals surface area (Å²) in [4.78, 5) is 12.6. The van der Waals surface area contributed by atoms with Crippen LogP contribution >= 0.6 is 0 Å². The number of hydrogen-bond acceptors (Lipinski definition) is 4. The molecule has 0 aliphatic carbocycles. The molecule has 0 saturated heterocycles. The molecule has 0 aliphatic heterocycles. The van der Waals surface area contributed by atoms with Crippen LogP contribution < -0.4 is 10.4 Å². The molecule has 25 heavy (non-hydrogen) atoms. The molecular formula is C20H16N2O3. The van der Waals surface area contributed by atoms with E-state index in [1.807, 2.05) is 55.5 Å². The normalized spacial score (nSPS) is 10.9. The topological polar surface area (TPSA) is 57.3 Å². The standard InChI is InChI=1S/C20H16N2O3/c1-2-24-18-10-6-7-14-13-16(20(23)25-19(14)18)17-11-12-21-22(17)15-8-4-3-5-9-15/h3-13H,2H2,1H3. The van der Waals surface area contributed by atoms with E-state index in [0.29, 0.717) is 29.2 Å². The highest BCUT2D eigenvalue weighted by molar-refractivity contribution is 5.85. The van der Waals surface area contributed by atoms with Crippen molar-refractivity contribution in [2.45, 2.75) is 6.92 Å². The number of rotatable bonds is 4. The van der Waals surface area contributed by atoms with E-state index in [1.54, 1.807) is 23.0 Å². The maximum Gasteiger partial charge on any atom is 0.345 e. The van der Waals surface area contributed by atoms with Crippen molar-refractivity contribution < 1.29 is 9.15 Å². The van der Waals surface area contributed by atoms with Crippen molar-refractivity contribution in [3.8, 4) is 22.7 Å². The van der Waals surface area contributed by atoms with Gasteiger partial charge >= 0.3 is 5.63 Å². The lowest BCUT2D eigenvalue weighted by molar-refractivity contribution is 0.337. The van der Waals surface area contributed by atoms with Gasteiger partial charge in [0.05, 0.1) is 29.7 Å². The Labute approximate surface area is 144 Å². The second kappa shape index (κ2) is 6.28. The summed E-state index contributed by atoms with van der Waals surface area (Å²) >= 11 is 0. The molecule has 0 fully saturated rings. The largest absolute Gasteiger partial charge is 0.490 e. The van der Waals surface area contributed by atoms with Gasteiger partial charge < -0.3 is 9.15 Å². The second-order valence-corrected chi connectivity index (χ2v) is 5.52. The van der Waals surface area contributed by atoms with Crippen LogP contribution in [-0.2, 0) is 0 Å². The summed E-state index contributed by atoms with van der Waals surface area (Å²) in [6, 6.07) is 18.9. The van der Waals surface area contributed by atoms with Crippen molar-refractivity contribution in [3.05, 3.63) is 77.3 Å². The van der Waals surface area contributed by atoms with Crippen LogP contribution in [0.15, 0.2) is 76.1 Å². The Bertz CT molecular complexity index is 1080. The van der Waals surface area contributed by atoms with E-state index in [4.69, 9.17) is 9.15 Å². The number of fused-ring (bicyclic) bond motifs is 1. The van der Waals surface area contributed by atoms with Crippen LogP contribution in [0.3, 0.4) is 0 Å². The van der Waals surface area contributed by atoms with Gasteiger partial charge in [0.15, 0.2) is 11.3 Å². The Hall–Kier alpha value is -3.34. The second-order valence-electron chi connectivity index (χ2n) is 5.52. The Balaban J connectivity index is 1.91. The third-order valence-corrected chi connectivity index (χ3v) is 3.94. The predicted octanol–water partition coefficient (Wildman–Crippen LogP) is 4.04. The van der Waals surface area contributed by atoms with Crippen molar-refractivity contribution in [1.82, 2.24) is 9.78 Å². The van der Waals surface area contributed by atoms with Gasteiger partial charge in [-0.3, -0.25) is 0 Å². The van der Waals surface area contributed by atoms with Crippen LogP contribution in [-0.4, -0.2) is 16.4 Å². The van der Waals surface area contributed by atoms with Gasteiger partial charge in [0.25, 0.3) is 0 Å². The highest BCUT2D eigenvalue weighted by Gasteiger charge is 2.15. The molecule has 2 aromatic heterocycles.